The Morgan fingerprint density at radius 2 is 1.68 bits per heavy atom. The quantitative estimate of drug-likeness (QED) is 0.350. The van der Waals surface area contributed by atoms with E-state index in [-0.39, 0.29) is 30.9 Å². The molecule has 4 rings (SSSR count). The first kappa shape index (κ1) is 29.4. The van der Waals surface area contributed by atoms with Crippen molar-refractivity contribution in [2.45, 2.75) is 44.6 Å². The van der Waals surface area contributed by atoms with Crippen LogP contribution in [0.3, 0.4) is 0 Å². The number of alkyl halides is 6. The Labute approximate surface area is 228 Å². The molecule has 1 aromatic heterocycles. The van der Waals surface area contributed by atoms with E-state index in [9.17, 15) is 36.2 Å². The molecule has 40 heavy (non-hydrogen) atoms. The molecule has 0 spiro atoms. The zero-order valence-corrected chi connectivity index (χ0v) is 21.8. The van der Waals surface area contributed by atoms with Crippen molar-refractivity contribution in [2.24, 2.45) is 0 Å². The fraction of sp³-hybridized carbons (Fsp3) is 0.379. The van der Waals surface area contributed by atoms with Crippen molar-refractivity contribution in [1.29, 1.82) is 0 Å². The highest BCUT2D eigenvalue weighted by Gasteiger charge is 2.38. The van der Waals surface area contributed by atoms with E-state index in [0.29, 0.717) is 37.2 Å². The van der Waals surface area contributed by atoms with Crippen LogP contribution in [0.4, 0.5) is 26.3 Å². The Kier molecular flexibility index (Phi) is 8.72. The molecule has 1 amide bonds. The smallest absolute Gasteiger partial charge is 0.416 e. The Hall–Kier alpha value is -3.60. The predicted octanol–water partition coefficient (Wildman–Crippen LogP) is 6.14. The number of hydrogen-bond acceptors (Lipinski definition) is 4. The summed E-state index contributed by atoms with van der Waals surface area (Å²) in [6.45, 7) is 3.08. The van der Waals surface area contributed by atoms with Gasteiger partial charge in [-0.3, -0.25) is 14.7 Å². The molecule has 2 heterocycles. The number of benzene rings is 2. The summed E-state index contributed by atoms with van der Waals surface area (Å²) in [6.07, 6.45) is -4.62. The third-order valence-corrected chi connectivity index (χ3v) is 7.10. The fourth-order valence-electron chi connectivity index (χ4n) is 4.91. The van der Waals surface area contributed by atoms with E-state index in [1.165, 1.54) is 4.90 Å². The average molecular weight is 566 g/mol. The van der Waals surface area contributed by atoms with Gasteiger partial charge in [-0.05, 0) is 79.8 Å². The van der Waals surface area contributed by atoms with Crippen LogP contribution in [0.2, 0.25) is 0 Å². The number of aromatic nitrogens is 1. The summed E-state index contributed by atoms with van der Waals surface area (Å²) in [6, 6.07) is 9.79. The lowest BCUT2D eigenvalue weighted by Crippen LogP contribution is -2.55. The molecule has 214 valence electrons. The van der Waals surface area contributed by atoms with Crippen molar-refractivity contribution in [1.82, 2.24) is 14.8 Å². The lowest BCUT2D eigenvalue weighted by atomic mass is 9.98. The number of amides is 1. The van der Waals surface area contributed by atoms with Crippen LogP contribution in [0.25, 0.3) is 0 Å². The molecule has 1 aliphatic rings. The van der Waals surface area contributed by atoms with Crippen molar-refractivity contribution in [2.75, 3.05) is 26.2 Å². The van der Waals surface area contributed by atoms with Gasteiger partial charge in [-0.1, -0.05) is 18.2 Å². The lowest BCUT2D eigenvalue weighted by molar-refractivity contribution is -0.143. The number of phenols is 1. The number of phenolic OH excluding ortho intramolecular Hbond substituents is 1. The molecule has 11 heteroatoms. The number of aryl methyl sites for hydroxylation is 2. The second-order valence-electron chi connectivity index (χ2n) is 10.0. The van der Waals surface area contributed by atoms with E-state index in [2.05, 4.69) is 9.88 Å². The van der Waals surface area contributed by atoms with Crippen LogP contribution >= 0.6 is 0 Å². The van der Waals surface area contributed by atoms with E-state index < -0.39 is 35.0 Å². The molecule has 1 atom stereocenters. The molecule has 2 aromatic carbocycles. The largest absolute Gasteiger partial charge is 0.508 e. The van der Waals surface area contributed by atoms with Crippen LogP contribution in [-0.4, -0.2) is 58.0 Å². The van der Waals surface area contributed by atoms with Crippen LogP contribution in [0.5, 0.6) is 5.75 Å². The number of hydrogen-bond donors (Lipinski definition) is 1. The minimum atomic E-state index is -5.04. The maximum absolute atomic E-state index is 13.4. The van der Waals surface area contributed by atoms with E-state index in [1.54, 1.807) is 31.5 Å². The SMILES string of the molecule is Cc1ccc(CC2CN(C(=O)c3cc(C(F)(F)F)cc(C(F)(F)F)c3)CCN2CCCc2cccnc2)cc1O. The van der Waals surface area contributed by atoms with Gasteiger partial charge in [0.15, 0.2) is 0 Å². The van der Waals surface area contributed by atoms with Crippen molar-refractivity contribution in [3.05, 3.63) is 94.3 Å². The van der Waals surface area contributed by atoms with E-state index in [0.717, 1.165) is 24.0 Å². The van der Waals surface area contributed by atoms with Gasteiger partial charge in [0.2, 0.25) is 0 Å². The minimum absolute atomic E-state index is 0.0175. The molecule has 0 aliphatic carbocycles. The molecule has 1 unspecified atom stereocenters. The lowest BCUT2D eigenvalue weighted by Gasteiger charge is -2.42. The summed E-state index contributed by atoms with van der Waals surface area (Å²) >= 11 is 0. The highest BCUT2D eigenvalue weighted by atomic mass is 19.4. The van der Waals surface area contributed by atoms with Gasteiger partial charge in [0.25, 0.3) is 5.91 Å². The molecule has 0 saturated carbocycles. The van der Waals surface area contributed by atoms with Gasteiger partial charge in [0.05, 0.1) is 11.1 Å². The monoisotopic (exact) mass is 565 g/mol. The molecule has 1 aliphatic heterocycles. The second kappa shape index (κ2) is 11.9. The topological polar surface area (TPSA) is 56.7 Å². The number of nitrogens with zero attached hydrogens (tertiary/aromatic N) is 3. The molecule has 1 fully saturated rings. The van der Waals surface area contributed by atoms with Crippen LogP contribution in [0, 0.1) is 6.92 Å². The Morgan fingerprint density at radius 3 is 2.27 bits per heavy atom. The average Bonchev–Trinajstić information content (AvgIpc) is 2.90. The predicted molar refractivity (Wildman–Crippen MR) is 137 cm³/mol. The Balaban J connectivity index is 1.56. The van der Waals surface area contributed by atoms with Gasteiger partial charge in [0, 0.05) is 43.6 Å². The number of halogens is 6. The van der Waals surface area contributed by atoms with Crippen molar-refractivity contribution in [3.8, 4) is 5.75 Å². The first-order chi connectivity index (χ1) is 18.8. The zero-order chi connectivity index (χ0) is 29.1. The first-order valence-corrected chi connectivity index (χ1v) is 12.8. The Morgan fingerprint density at radius 1 is 0.975 bits per heavy atom. The van der Waals surface area contributed by atoms with Crippen molar-refractivity contribution in [3.63, 3.8) is 0 Å². The minimum Gasteiger partial charge on any atom is -0.508 e. The second-order valence-corrected chi connectivity index (χ2v) is 10.0. The summed E-state index contributed by atoms with van der Waals surface area (Å²) < 4.78 is 80.3. The number of aromatic hydroxyl groups is 1. The van der Waals surface area contributed by atoms with Gasteiger partial charge in [-0.25, -0.2) is 0 Å². The summed E-state index contributed by atoms with van der Waals surface area (Å²) in [7, 11) is 0. The number of pyridine rings is 1. The maximum atomic E-state index is 13.4. The molecule has 5 nitrogen and oxygen atoms in total. The van der Waals surface area contributed by atoms with Crippen molar-refractivity contribution < 1.29 is 36.2 Å². The Bertz CT molecular complexity index is 1300. The van der Waals surface area contributed by atoms with Crippen LogP contribution in [0.1, 0.15) is 44.6 Å². The molecule has 1 saturated heterocycles. The molecular formula is C29H29F6N3O2. The highest BCUT2D eigenvalue weighted by Crippen LogP contribution is 2.36. The van der Waals surface area contributed by atoms with Gasteiger partial charge < -0.3 is 10.0 Å². The van der Waals surface area contributed by atoms with Crippen LogP contribution in [0.15, 0.2) is 60.9 Å². The van der Waals surface area contributed by atoms with Gasteiger partial charge >= 0.3 is 12.4 Å². The summed E-state index contributed by atoms with van der Waals surface area (Å²) in [5, 5.41) is 10.2. The standard InChI is InChI=1S/C29H29F6N3O2/c1-19-6-7-21(13-26(19)39)12-25-18-38(11-10-37(25)9-3-5-20-4-2-8-36-17-20)27(40)22-14-23(28(30,31)32)16-24(15-22)29(33,34)35/h2,4,6-8,13-17,25,39H,3,5,9-12,18H2,1H3. The van der Waals surface area contributed by atoms with Crippen LogP contribution in [-0.2, 0) is 25.2 Å². The summed E-state index contributed by atoms with van der Waals surface area (Å²) in [5.74, 6) is -0.767. The van der Waals surface area contributed by atoms with Gasteiger partial charge in [-0.15, -0.1) is 0 Å². The van der Waals surface area contributed by atoms with E-state index >= 15 is 0 Å². The van der Waals surface area contributed by atoms with E-state index in [4.69, 9.17) is 0 Å². The molecule has 0 radical (unpaired) electrons. The van der Waals surface area contributed by atoms with Crippen LogP contribution < -0.4 is 0 Å². The third kappa shape index (κ3) is 7.32. The maximum Gasteiger partial charge on any atom is 0.416 e. The molecular weight excluding hydrogens is 536 g/mol. The molecule has 0 bridgehead atoms. The summed E-state index contributed by atoms with van der Waals surface area (Å²) in [4.78, 5) is 20.9. The first-order valence-electron chi connectivity index (χ1n) is 12.8. The van der Waals surface area contributed by atoms with Gasteiger partial charge in [-0.2, -0.15) is 26.3 Å². The number of carbonyl (C=O) groups excluding carboxylic acids is 1. The third-order valence-electron chi connectivity index (χ3n) is 7.10. The zero-order valence-electron chi connectivity index (χ0n) is 21.8. The number of rotatable bonds is 7. The highest BCUT2D eigenvalue weighted by molar-refractivity contribution is 5.94. The molecule has 1 N–H and O–H groups in total. The fourth-order valence-corrected chi connectivity index (χ4v) is 4.91. The normalized spacial score (nSPS) is 16.8. The molecule has 3 aromatic rings. The van der Waals surface area contributed by atoms with Gasteiger partial charge in [0.1, 0.15) is 5.75 Å². The van der Waals surface area contributed by atoms with E-state index in [1.807, 2.05) is 18.2 Å². The van der Waals surface area contributed by atoms with Crippen molar-refractivity contribution >= 4 is 5.91 Å². The summed E-state index contributed by atoms with van der Waals surface area (Å²) in [5.41, 5.74) is -1.13. The number of carbonyl (C=O) groups is 1. The number of piperazine rings is 1.